The highest BCUT2D eigenvalue weighted by Gasteiger charge is 2.36. The number of carbonyl (C=O) groups excluding carboxylic acids is 1. The fourth-order valence-electron chi connectivity index (χ4n) is 3.48. The summed E-state index contributed by atoms with van der Waals surface area (Å²) in [5, 5.41) is 4.43. The fraction of sp³-hybridized carbons (Fsp3) is 0.190. The van der Waals surface area contributed by atoms with E-state index in [9.17, 15) is 13.2 Å². The van der Waals surface area contributed by atoms with Gasteiger partial charge >= 0.3 is 0 Å². The predicted octanol–water partition coefficient (Wildman–Crippen LogP) is 3.53. The van der Waals surface area contributed by atoms with E-state index in [4.69, 9.17) is 0 Å². The van der Waals surface area contributed by atoms with E-state index < -0.39 is 10.0 Å². The lowest BCUT2D eigenvalue weighted by Gasteiger charge is -2.20. The van der Waals surface area contributed by atoms with Crippen LogP contribution in [0.4, 0.5) is 5.69 Å². The minimum Gasteiger partial charge on any atom is -0.348 e. The van der Waals surface area contributed by atoms with Crippen molar-refractivity contribution in [1.29, 1.82) is 0 Å². The first kappa shape index (κ1) is 17.5. The van der Waals surface area contributed by atoms with Gasteiger partial charge in [-0.15, -0.1) is 0 Å². The highest BCUT2D eigenvalue weighted by atomic mass is 32.2. The van der Waals surface area contributed by atoms with Gasteiger partial charge in [0.25, 0.3) is 10.0 Å². The Labute approximate surface area is 158 Å². The number of aryl methyl sites for hydroxylation is 1. The first-order valence-electron chi connectivity index (χ1n) is 8.78. The summed E-state index contributed by atoms with van der Waals surface area (Å²) in [4.78, 5) is 12.8. The van der Waals surface area contributed by atoms with Gasteiger partial charge in [-0.25, -0.2) is 8.42 Å². The molecule has 1 aliphatic heterocycles. The molecule has 3 aromatic rings. The molecule has 5 nitrogen and oxygen atoms in total. The number of amides is 1. The Morgan fingerprint density at radius 2 is 1.70 bits per heavy atom. The molecule has 138 valence electrons. The molecular weight excluding hydrogens is 360 g/mol. The molecule has 6 heteroatoms. The van der Waals surface area contributed by atoms with Crippen LogP contribution in [0, 0.1) is 6.92 Å². The first-order valence-corrected chi connectivity index (χ1v) is 10.2. The maximum absolute atomic E-state index is 12.9. The number of anilines is 1. The van der Waals surface area contributed by atoms with Crippen molar-refractivity contribution in [3.05, 3.63) is 71.8 Å². The Morgan fingerprint density at radius 3 is 2.41 bits per heavy atom. The third-order valence-electron chi connectivity index (χ3n) is 4.92. The summed E-state index contributed by atoms with van der Waals surface area (Å²) in [7, 11) is -3.73. The van der Waals surface area contributed by atoms with Gasteiger partial charge in [-0.05, 0) is 36.9 Å². The standard InChI is InChI=1S/C21H20N2O3S/c1-14-9-11-16(12-10-14)15(2)22-20(24)13-23-18-7-3-5-17-6-4-8-19(21(17)18)27(23,25)26/h3-12,15H,13H2,1-2H3,(H,22,24). The molecule has 1 heterocycles. The molecule has 0 saturated heterocycles. The third kappa shape index (κ3) is 2.96. The molecule has 27 heavy (non-hydrogen) atoms. The topological polar surface area (TPSA) is 66.5 Å². The van der Waals surface area contributed by atoms with E-state index in [0.717, 1.165) is 16.5 Å². The molecule has 1 amide bonds. The first-order chi connectivity index (χ1) is 12.9. The van der Waals surface area contributed by atoms with Crippen molar-refractivity contribution >= 4 is 32.4 Å². The molecular formula is C21H20N2O3S. The van der Waals surface area contributed by atoms with Gasteiger partial charge in [0.15, 0.2) is 0 Å². The predicted molar refractivity (Wildman–Crippen MR) is 106 cm³/mol. The molecule has 0 fully saturated rings. The molecule has 1 N–H and O–H groups in total. The lowest BCUT2D eigenvalue weighted by Crippen LogP contribution is -2.39. The van der Waals surface area contributed by atoms with Crippen LogP contribution >= 0.6 is 0 Å². The number of hydrogen-bond donors (Lipinski definition) is 1. The SMILES string of the molecule is Cc1ccc(C(C)NC(=O)CN2c3cccc4cccc(c34)S2(=O)=O)cc1. The quantitative estimate of drug-likeness (QED) is 0.753. The average molecular weight is 380 g/mol. The summed E-state index contributed by atoms with van der Waals surface area (Å²) in [5.41, 5.74) is 2.68. The number of carbonyl (C=O) groups is 1. The molecule has 0 radical (unpaired) electrons. The molecule has 0 saturated carbocycles. The molecule has 0 spiro atoms. The zero-order chi connectivity index (χ0) is 19.2. The van der Waals surface area contributed by atoms with Gasteiger partial charge in [0, 0.05) is 5.39 Å². The molecule has 1 atom stereocenters. The minimum atomic E-state index is -3.73. The van der Waals surface area contributed by atoms with Gasteiger partial charge in [0.2, 0.25) is 5.91 Å². The maximum atomic E-state index is 12.9. The van der Waals surface area contributed by atoms with E-state index >= 15 is 0 Å². The van der Waals surface area contributed by atoms with Gasteiger partial charge < -0.3 is 5.32 Å². The number of sulfonamides is 1. The second-order valence-corrected chi connectivity index (χ2v) is 8.67. The third-order valence-corrected chi connectivity index (χ3v) is 6.73. The van der Waals surface area contributed by atoms with Crippen molar-refractivity contribution in [2.45, 2.75) is 24.8 Å². The molecule has 1 aliphatic rings. The van der Waals surface area contributed by atoms with Crippen LogP contribution in [0.3, 0.4) is 0 Å². The van der Waals surface area contributed by atoms with Crippen LogP contribution in [0.25, 0.3) is 10.8 Å². The van der Waals surface area contributed by atoms with E-state index in [2.05, 4.69) is 5.32 Å². The molecule has 3 aromatic carbocycles. The van der Waals surface area contributed by atoms with E-state index in [0.29, 0.717) is 11.1 Å². The number of nitrogens with one attached hydrogen (secondary N) is 1. The van der Waals surface area contributed by atoms with Crippen LogP contribution in [0.2, 0.25) is 0 Å². The van der Waals surface area contributed by atoms with Crippen LogP contribution in [-0.4, -0.2) is 20.9 Å². The van der Waals surface area contributed by atoms with Gasteiger partial charge in [-0.2, -0.15) is 0 Å². The second-order valence-electron chi connectivity index (χ2n) is 6.84. The molecule has 1 unspecified atom stereocenters. The zero-order valence-corrected chi connectivity index (χ0v) is 16.0. The van der Waals surface area contributed by atoms with E-state index in [1.54, 1.807) is 18.2 Å². The van der Waals surface area contributed by atoms with Crippen LogP contribution in [0.5, 0.6) is 0 Å². The maximum Gasteiger partial charge on any atom is 0.265 e. The lowest BCUT2D eigenvalue weighted by molar-refractivity contribution is -0.120. The van der Waals surface area contributed by atoms with Gasteiger partial charge in [0.05, 0.1) is 16.6 Å². The van der Waals surface area contributed by atoms with Gasteiger partial charge in [-0.3, -0.25) is 9.10 Å². The highest BCUT2D eigenvalue weighted by molar-refractivity contribution is 7.93. The van der Waals surface area contributed by atoms with Crippen molar-refractivity contribution in [1.82, 2.24) is 5.32 Å². The lowest BCUT2D eigenvalue weighted by atomic mass is 10.1. The van der Waals surface area contributed by atoms with E-state index in [-0.39, 0.29) is 23.4 Å². The second kappa shape index (κ2) is 6.39. The van der Waals surface area contributed by atoms with Crippen LogP contribution in [0.15, 0.2) is 65.6 Å². The molecule has 0 aromatic heterocycles. The summed E-state index contributed by atoms with van der Waals surface area (Å²) in [6.45, 7) is 3.65. The summed E-state index contributed by atoms with van der Waals surface area (Å²) in [6, 6.07) is 18.3. The van der Waals surface area contributed by atoms with Crippen LogP contribution < -0.4 is 9.62 Å². The smallest absolute Gasteiger partial charge is 0.265 e. The molecule has 0 aliphatic carbocycles. The van der Waals surface area contributed by atoms with Crippen molar-refractivity contribution in [3.8, 4) is 0 Å². The zero-order valence-electron chi connectivity index (χ0n) is 15.1. The molecule has 0 bridgehead atoms. The normalized spacial score (nSPS) is 15.7. The largest absolute Gasteiger partial charge is 0.348 e. The summed E-state index contributed by atoms with van der Waals surface area (Å²) in [5.74, 6) is -0.337. The van der Waals surface area contributed by atoms with Crippen molar-refractivity contribution < 1.29 is 13.2 Å². The fourth-order valence-corrected chi connectivity index (χ4v) is 5.15. The van der Waals surface area contributed by atoms with E-state index in [1.165, 1.54) is 4.31 Å². The van der Waals surface area contributed by atoms with Gasteiger partial charge in [0.1, 0.15) is 6.54 Å². The number of rotatable bonds is 4. The Bertz CT molecular complexity index is 1130. The minimum absolute atomic E-state index is 0.207. The van der Waals surface area contributed by atoms with Crippen LogP contribution in [0.1, 0.15) is 24.1 Å². The monoisotopic (exact) mass is 380 g/mol. The summed E-state index contributed by atoms with van der Waals surface area (Å²) in [6.07, 6.45) is 0. The van der Waals surface area contributed by atoms with Crippen molar-refractivity contribution in [2.24, 2.45) is 0 Å². The van der Waals surface area contributed by atoms with Crippen molar-refractivity contribution in [3.63, 3.8) is 0 Å². The van der Waals surface area contributed by atoms with Crippen molar-refractivity contribution in [2.75, 3.05) is 10.8 Å². The Kier molecular flexibility index (Phi) is 4.15. The van der Waals surface area contributed by atoms with Crippen LogP contribution in [-0.2, 0) is 14.8 Å². The van der Waals surface area contributed by atoms with E-state index in [1.807, 2.05) is 56.3 Å². The summed E-state index contributed by atoms with van der Waals surface area (Å²) >= 11 is 0. The Hall–Kier alpha value is -2.86. The number of hydrogen-bond acceptors (Lipinski definition) is 3. The number of benzene rings is 3. The van der Waals surface area contributed by atoms with Gasteiger partial charge in [-0.1, -0.05) is 54.1 Å². The highest BCUT2D eigenvalue weighted by Crippen LogP contribution is 2.41. The number of nitrogens with zero attached hydrogens (tertiary/aromatic N) is 1. The Morgan fingerprint density at radius 1 is 1.04 bits per heavy atom. The molecule has 4 rings (SSSR count). The average Bonchev–Trinajstić information content (AvgIpc) is 2.86. The Balaban J connectivity index is 1.59. The summed E-state index contributed by atoms with van der Waals surface area (Å²) < 4.78 is 27.1.